The largest absolute Gasteiger partial charge is 0.323 e. The smallest absolute Gasteiger partial charge is 0.265 e. The lowest BCUT2D eigenvalue weighted by Gasteiger charge is -2.15. The van der Waals surface area contributed by atoms with Gasteiger partial charge in [0.2, 0.25) is 0 Å². The summed E-state index contributed by atoms with van der Waals surface area (Å²) < 4.78 is 2.15. The Morgan fingerprint density at radius 1 is 1.12 bits per heavy atom. The molecule has 1 unspecified atom stereocenters. The highest BCUT2D eigenvalue weighted by atomic mass is 32.1. The first-order valence-corrected chi connectivity index (χ1v) is 8.97. The molecular formula is C20H17N3OS. The summed E-state index contributed by atoms with van der Waals surface area (Å²) in [6.07, 6.45) is 1.85. The molecule has 0 bridgehead atoms. The number of nitrogens with one attached hydrogen (secondary N) is 1. The maximum Gasteiger partial charge on any atom is 0.265 e. The molecule has 0 radical (unpaired) electrons. The van der Waals surface area contributed by atoms with Crippen molar-refractivity contribution < 1.29 is 4.79 Å². The van der Waals surface area contributed by atoms with E-state index in [9.17, 15) is 4.79 Å². The van der Waals surface area contributed by atoms with Crippen molar-refractivity contribution in [3.63, 3.8) is 0 Å². The molecule has 4 aromatic rings. The number of carbonyl (C=O) groups excluding carboxylic acids is 1. The van der Waals surface area contributed by atoms with Crippen molar-refractivity contribution >= 4 is 34.0 Å². The van der Waals surface area contributed by atoms with Crippen molar-refractivity contribution in [2.45, 2.75) is 13.0 Å². The molecule has 0 aliphatic heterocycles. The maximum absolute atomic E-state index is 12.2. The van der Waals surface area contributed by atoms with Crippen LogP contribution in [0.25, 0.3) is 11.0 Å². The number of thiophene rings is 1. The van der Waals surface area contributed by atoms with Crippen molar-refractivity contribution in [2.24, 2.45) is 0 Å². The van der Waals surface area contributed by atoms with Gasteiger partial charge < -0.3 is 9.88 Å². The van der Waals surface area contributed by atoms with Crippen LogP contribution in [0.4, 0.5) is 5.69 Å². The van der Waals surface area contributed by atoms with E-state index < -0.39 is 0 Å². The van der Waals surface area contributed by atoms with Crippen LogP contribution in [0.5, 0.6) is 0 Å². The fourth-order valence-electron chi connectivity index (χ4n) is 2.91. The second-order valence-corrected chi connectivity index (χ2v) is 6.82. The van der Waals surface area contributed by atoms with Gasteiger partial charge in [-0.1, -0.05) is 36.4 Å². The molecule has 2 aromatic carbocycles. The van der Waals surface area contributed by atoms with Gasteiger partial charge in [0.05, 0.1) is 28.3 Å². The molecule has 1 amide bonds. The molecule has 0 spiro atoms. The number of aromatic nitrogens is 2. The van der Waals surface area contributed by atoms with Crippen LogP contribution in [-0.2, 0) is 0 Å². The average molecular weight is 347 g/mol. The molecule has 2 aromatic heterocycles. The molecule has 0 aliphatic rings. The van der Waals surface area contributed by atoms with Gasteiger partial charge in [-0.05, 0) is 42.1 Å². The number of imidazole rings is 1. The van der Waals surface area contributed by atoms with Gasteiger partial charge in [-0.3, -0.25) is 4.79 Å². The highest BCUT2D eigenvalue weighted by Gasteiger charge is 2.13. The average Bonchev–Trinajstić information content (AvgIpc) is 3.31. The molecule has 1 atom stereocenters. The van der Waals surface area contributed by atoms with Gasteiger partial charge >= 0.3 is 0 Å². The topological polar surface area (TPSA) is 46.9 Å². The monoisotopic (exact) mass is 347 g/mol. The van der Waals surface area contributed by atoms with Crippen LogP contribution in [0, 0.1) is 0 Å². The number of fused-ring (bicyclic) bond motifs is 1. The number of rotatable bonds is 4. The number of anilines is 1. The van der Waals surface area contributed by atoms with E-state index in [2.05, 4.69) is 33.9 Å². The van der Waals surface area contributed by atoms with Gasteiger partial charge in [0.15, 0.2) is 0 Å². The standard InChI is InChI=1S/C20H17N3OS/c1-14(15-6-3-2-4-7-15)23-13-21-17-12-16(9-10-18(17)23)22-20(24)19-8-5-11-25-19/h2-14H,1H3,(H,22,24). The van der Waals surface area contributed by atoms with Crippen molar-refractivity contribution in [1.29, 1.82) is 0 Å². The quantitative estimate of drug-likeness (QED) is 0.567. The van der Waals surface area contributed by atoms with Crippen molar-refractivity contribution in [3.8, 4) is 0 Å². The highest BCUT2D eigenvalue weighted by molar-refractivity contribution is 7.12. The molecule has 0 saturated carbocycles. The lowest BCUT2D eigenvalue weighted by molar-refractivity contribution is 0.103. The molecule has 4 nitrogen and oxygen atoms in total. The predicted octanol–water partition coefficient (Wildman–Crippen LogP) is 4.96. The van der Waals surface area contributed by atoms with E-state index >= 15 is 0 Å². The molecule has 124 valence electrons. The molecule has 0 saturated heterocycles. The van der Waals surface area contributed by atoms with E-state index in [1.807, 2.05) is 60.2 Å². The Bertz CT molecular complexity index is 1010. The Hall–Kier alpha value is -2.92. The number of hydrogen-bond acceptors (Lipinski definition) is 3. The summed E-state index contributed by atoms with van der Waals surface area (Å²) in [6, 6.07) is 20.1. The number of nitrogens with zero attached hydrogens (tertiary/aromatic N) is 2. The van der Waals surface area contributed by atoms with Crippen LogP contribution in [0.2, 0.25) is 0 Å². The Kier molecular flexibility index (Phi) is 4.07. The van der Waals surface area contributed by atoms with E-state index in [0.717, 1.165) is 16.7 Å². The predicted molar refractivity (Wildman–Crippen MR) is 102 cm³/mol. The summed E-state index contributed by atoms with van der Waals surface area (Å²) in [5, 5.41) is 4.82. The Labute approximate surface area is 149 Å². The number of amides is 1. The number of carbonyl (C=O) groups is 1. The summed E-state index contributed by atoms with van der Waals surface area (Å²) in [4.78, 5) is 17.4. The molecule has 0 fully saturated rings. The maximum atomic E-state index is 12.2. The van der Waals surface area contributed by atoms with Gasteiger partial charge in [-0.25, -0.2) is 4.98 Å². The zero-order valence-corrected chi connectivity index (χ0v) is 14.5. The first-order chi connectivity index (χ1) is 12.2. The highest BCUT2D eigenvalue weighted by Crippen LogP contribution is 2.25. The lowest BCUT2D eigenvalue weighted by atomic mass is 10.1. The van der Waals surface area contributed by atoms with Crippen LogP contribution >= 0.6 is 11.3 Å². The summed E-state index contributed by atoms with van der Waals surface area (Å²) in [6.45, 7) is 2.16. The van der Waals surface area contributed by atoms with E-state index in [1.54, 1.807) is 0 Å². The first-order valence-electron chi connectivity index (χ1n) is 8.09. The zero-order valence-electron chi connectivity index (χ0n) is 13.7. The van der Waals surface area contributed by atoms with Crippen LogP contribution in [0.1, 0.15) is 28.2 Å². The molecule has 25 heavy (non-hydrogen) atoms. The minimum Gasteiger partial charge on any atom is -0.323 e. The van der Waals surface area contributed by atoms with Crippen LogP contribution < -0.4 is 5.32 Å². The van der Waals surface area contributed by atoms with Gasteiger partial charge in [-0.2, -0.15) is 0 Å². The van der Waals surface area contributed by atoms with E-state index in [4.69, 9.17) is 0 Å². The third-order valence-corrected chi connectivity index (χ3v) is 5.15. The van der Waals surface area contributed by atoms with Gasteiger partial charge in [0, 0.05) is 5.69 Å². The second kappa shape index (κ2) is 6.53. The normalized spacial score (nSPS) is 12.2. The Balaban J connectivity index is 1.62. The van der Waals surface area contributed by atoms with E-state index in [-0.39, 0.29) is 11.9 Å². The molecule has 4 rings (SSSR count). The minimum absolute atomic E-state index is 0.0913. The molecule has 5 heteroatoms. The van der Waals surface area contributed by atoms with Gasteiger partial charge in [-0.15, -0.1) is 11.3 Å². The zero-order chi connectivity index (χ0) is 17.2. The van der Waals surface area contributed by atoms with Crippen LogP contribution in [0.15, 0.2) is 72.4 Å². The minimum atomic E-state index is -0.0913. The van der Waals surface area contributed by atoms with E-state index in [1.165, 1.54) is 16.9 Å². The Morgan fingerprint density at radius 3 is 2.72 bits per heavy atom. The first kappa shape index (κ1) is 15.6. The van der Waals surface area contributed by atoms with Gasteiger partial charge in [0.1, 0.15) is 0 Å². The van der Waals surface area contributed by atoms with Crippen LogP contribution in [-0.4, -0.2) is 15.5 Å². The lowest BCUT2D eigenvalue weighted by Crippen LogP contribution is -2.10. The fraction of sp³-hybridized carbons (Fsp3) is 0.100. The SMILES string of the molecule is CC(c1ccccc1)n1cnc2cc(NC(=O)c3cccs3)ccc21. The summed E-state index contributed by atoms with van der Waals surface area (Å²) in [7, 11) is 0. The molecule has 0 aliphatic carbocycles. The summed E-state index contributed by atoms with van der Waals surface area (Å²) in [5.74, 6) is -0.0913. The summed E-state index contributed by atoms with van der Waals surface area (Å²) >= 11 is 1.43. The van der Waals surface area contributed by atoms with E-state index in [0.29, 0.717) is 4.88 Å². The molecule has 1 N–H and O–H groups in total. The van der Waals surface area contributed by atoms with Gasteiger partial charge in [0.25, 0.3) is 5.91 Å². The number of hydrogen-bond donors (Lipinski definition) is 1. The summed E-state index contributed by atoms with van der Waals surface area (Å²) in [5.41, 5.74) is 3.90. The Morgan fingerprint density at radius 2 is 1.96 bits per heavy atom. The second-order valence-electron chi connectivity index (χ2n) is 5.87. The third-order valence-electron chi connectivity index (χ3n) is 4.28. The third kappa shape index (κ3) is 3.06. The van der Waals surface area contributed by atoms with Crippen molar-refractivity contribution in [3.05, 3.63) is 82.8 Å². The van der Waals surface area contributed by atoms with Crippen LogP contribution in [0.3, 0.4) is 0 Å². The van der Waals surface area contributed by atoms with Crippen molar-refractivity contribution in [2.75, 3.05) is 5.32 Å². The molecule has 2 heterocycles. The number of benzene rings is 2. The van der Waals surface area contributed by atoms with Crippen molar-refractivity contribution in [1.82, 2.24) is 9.55 Å². The molecular weight excluding hydrogens is 330 g/mol. The fourth-order valence-corrected chi connectivity index (χ4v) is 3.53.